The minimum absolute atomic E-state index is 0.146. The highest BCUT2D eigenvalue weighted by molar-refractivity contribution is 5.68. The van der Waals surface area contributed by atoms with Gasteiger partial charge in [0.1, 0.15) is 18.5 Å². The summed E-state index contributed by atoms with van der Waals surface area (Å²) < 4.78 is 30.6. The van der Waals surface area contributed by atoms with Crippen LogP contribution in [0.1, 0.15) is 55.2 Å². The number of anilines is 1. The molecular weight excluding hydrogens is 433 g/mol. The predicted octanol–water partition coefficient (Wildman–Crippen LogP) is 6.52. The van der Waals surface area contributed by atoms with E-state index in [4.69, 9.17) is 14.2 Å². The van der Waals surface area contributed by atoms with Crippen LogP contribution < -0.4 is 14.8 Å². The lowest BCUT2D eigenvalue weighted by atomic mass is 9.70. The van der Waals surface area contributed by atoms with E-state index in [1.807, 2.05) is 37.3 Å². The number of rotatable bonds is 6. The van der Waals surface area contributed by atoms with Gasteiger partial charge in [-0.3, -0.25) is 4.79 Å². The van der Waals surface area contributed by atoms with Crippen molar-refractivity contribution in [1.29, 1.82) is 0 Å². The Kier molecular flexibility index (Phi) is 6.51. The van der Waals surface area contributed by atoms with Crippen molar-refractivity contribution in [3.63, 3.8) is 0 Å². The highest BCUT2D eigenvalue weighted by Crippen LogP contribution is 2.54. The van der Waals surface area contributed by atoms with Crippen LogP contribution in [0.5, 0.6) is 11.5 Å². The second-order valence-corrected chi connectivity index (χ2v) is 9.30. The molecular formula is C28H30FNO4. The first-order valence-electron chi connectivity index (χ1n) is 11.3. The SMILES string of the molecule is COc1cc([C@H]2Nc3ccc(C)cc3[C@H](OC(C)=O)C2(C)C)ccc1OCc1ccc(F)cc1. The van der Waals surface area contributed by atoms with Crippen molar-refractivity contribution in [2.24, 2.45) is 5.41 Å². The van der Waals surface area contributed by atoms with Crippen LogP contribution in [0.2, 0.25) is 0 Å². The highest BCUT2D eigenvalue weighted by Gasteiger charge is 2.46. The first-order valence-corrected chi connectivity index (χ1v) is 11.3. The number of hydrogen-bond donors (Lipinski definition) is 1. The van der Waals surface area contributed by atoms with Gasteiger partial charge in [0.25, 0.3) is 0 Å². The largest absolute Gasteiger partial charge is 0.493 e. The van der Waals surface area contributed by atoms with Crippen molar-refractivity contribution in [2.45, 2.75) is 46.4 Å². The number of benzene rings is 3. The number of hydrogen-bond acceptors (Lipinski definition) is 5. The average molecular weight is 464 g/mol. The Morgan fingerprint density at radius 3 is 2.44 bits per heavy atom. The molecule has 5 nitrogen and oxygen atoms in total. The van der Waals surface area contributed by atoms with Crippen molar-refractivity contribution in [3.05, 3.63) is 88.7 Å². The summed E-state index contributed by atoms with van der Waals surface area (Å²) in [7, 11) is 1.60. The summed E-state index contributed by atoms with van der Waals surface area (Å²) in [6, 6.07) is 18.0. The number of halogens is 1. The maximum atomic E-state index is 13.2. The summed E-state index contributed by atoms with van der Waals surface area (Å²) in [5, 5.41) is 3.64. The van der Waals surface area contributed by atoms with Gasteiger partial charge in [-0.25, -0.2) is 4.39 Å². The Balaban J connectivity index is 1.65. The van der Waals surface area contributed by atoms with E-state index in [0.717, 1.165) is 27.9 Å². The molecule has 0 aliphatic carbocycles. The Labute approximate surface area is 199 Å². The third kappa shape index (κ3) is 4.72. The number of fused-ring (bicyclic) bond motifs is 1. The van der Waals surface area contributed by atoms with E-state index < -0.39 is 11.5 Å². The Morgan fingerprint density at radius 2 is 1.76 bits per heavy atom. The molecule has 1 aliphatic heterocycles. The van der Waals surface area contributed by atoms with Crippen LogP contribution in [-0.2, 0) is 16.1 Å². The fourth-order valence-corrected chi connectivity index (χ4v) is 4.54. The van der Waals surface area contributed by atoms with Gasteiger partial charge in [0.2, 0.25) is 0 Å². The van der Waals surface area contributed by atoms with Crippen LogP contribution in [0, 0.1) is 18.2 Å². The molecule has 4 rings (SSSR count). The molecule has 178 valence electrons. The van der Waals surface area contributed by atoms with Gasteiger partial charge < -0.3 is 19.5 Å². The molecule has 2 atom stereocenters. The lowest BCUT2D eigenvalue weighted by molar-refractivity contribution is -0.154. The molecule has 3 aromatic carbocycles. The van der Waals surface area contributed by atoms with Crippen LogP contribution >= 0.6 is 0 Å². The monoisotopic (exact) mass is 463 g/mol. The number of ether oxygens (including phenoxy) is 3. The summed E-state index contributed by atoms with van der Waals surface area (Å²) in [5.74, 6) is 0.595. The second-order valence-electron chi connectivity index (χ2n) is 9.30. The normalized spacial score (nSPS) is 18.4. The molecule has 0 saturated carbocycles. The third-order valence-corrected chi connectivity index (χ3v) is 6.32. The summed E-state index contributed by atoms with van der Waals surface area (Å²) in [4.78, 5) is 12.0. The molecule has 1 N–H and O–H groups in total. The summed E-state index contributed by atoms with van der Waals surface area (Å²) in [5.41, 5.74) is 4.42. The molecule has 0 amide bonds. The molecule has 3 aromatic rings. The first kappa shape index (κ1) is 23.6. The van der Waals surface area contributed by atoms with Crippen molar-refractivity contribution in [2.75, 3.05) is 12.4 Å². The van der Waals surface area contributed by atoms with E-state index in [1.54, 1.807) is 19.2 Å². The van der Waals surface area contributed by atoms with Crippen molar-refractivity contribution in [1.82, 2.24) is 0 Å². The fourth-order valence-electron chi connectivity index (χ4n) is 4.54. The average Bonchev–Trinajstić information content (AvgIpc) is 2.80. The number of methoxy groups -OCH3 is 1. The maximum Gasteiger partial charge on any atom is 0.303 e. The van der Waals surface area contributed by atoms with E-state index in [2.05, 4.69) is 25.2 Å². The lowest BCUT2D eigenvalue weighted by Gasteiger charge is -2.46. The van der Waals surface area contributed by atoms with E-state index in [0.29, 0.717) is 18.1 Å². The Morgan fingerprint density at radius 1 is 1.03 bits per heavy atom. The number of carbonyl (C=O) groups is 1. The molecule has 0 spiro atoms. The molecule has 0 saturated heterocycles. The van der Waals surface area contributed by atoms with E-state index >= 15 is 0 Å². The fraction of sp³-hybridized carbons (Fsp3) is 0.321. The quantitative estimate of drug-likeness (QED) is 0.422. The Hall–Kier alpha value is -3.54. The molecule has 1 heterocycles. The predicted molar refractivity (Wildman–Crippen MR) is 130 cm³/mol. The summed E-state index contributed by atoms with van der Waals surface area (Å²) in [6.45, 7) is 7.95. The van der Waals surface area contributed by atoms with Crippen LogP contribution in [0.4, 0.5) is 10.1 Å². The van der Waals surface area contributed by atoms with Crippen LogP contribution in [-0.4, -0.2) is 13.1 Å². The minimum atomic E-state index is -0.450. The van der Waals surface area contributed by atoms with Gasteiger partial charge >= 0.3 is 5.97 Å². The van der Waals surface area contributed by atoms with Gasteiger partial charge in [0.15, 0.2) is 11.5 Å². The molecule has 34 heavy (non-hydrogen) atoms. The van der Waals surface area contributed by atoms with Crippen molar-refractivity contribution < 1.29 is 23.4 Å². The molecule has 0 bridgehead atoms. The van der Waals surface area contributed by atoms with E-state index in [-0.39, 0.29) is 17.8 Å². The number of aryl methyl sites for hydroxylation is 1. The standard InChI is InChI=1S/C28H30FNO4/c1-17-6-12-23-22(14-17)27(34-18(2)31)28(3,4)26(30-23)20-9-13-24(25(15-20)32-5)33-16-19-7-10-21(29)11-8-19/h6-15,26-27,30H,16H2,1-5H3/t26-,27+/m1/s1. The highest BCUT2D eigenvalue weighted by atomic mass is 19.1. The summed E-state index contributed by atoms with van der Waals surface area (Å²) >= 11 is 0. The zero-order chi connectivity index (χ0) is 24.5. The van der Waals surface area contributed by atoms with Crippen molar-refractivity contribution in [3.8, 4) is 11.5 Å². The minimum Gasteiger partial charge on any atom is -0.493 e. The van der Waals surface area contributed by atoms with Crippen LogP contribution in [0.25, 0.3) is 0 Å². The lowest BCUT2D eigenvalue weighted by Crippen LogP contribution is -2.40. The van der Waals surface area contributed by atoms with Gasteiger partial charge in [-0.05, 0) is 48.4 Å². The number of nitrogens with one attached hydrogen (secondary N) is 1. The molecule has 6 heteroatoms. The van der Waals surface area contributed by atoms with E-state index in [1.165, 1.54) is 19.1 Å². The van der Waals surface area contributed by atoms with E-state index in [9.17, 15) is 9.18 Å². The molecule has 1 aliphatic rings. The maximum absolute atomic E-state index is 13.2. The molecule has 0 unspecified atom stereocenters. The molecule has 0 radical (unpaired) electrons. The number of esters is 1. The smallest absolute Gasteiger partial charge is 0.303 e. The second kappa shape index (κ2) is 9.37. The first-order chi connectivity index (χ1) is 16.2. The Bertz CT molecular complexity index is 1190. The van der Waals surface area contributed by atoms with Crippen LogP contribution in [0.15, 0.2) is 60.7 Å². The van der Waals surface area contributed by atoms with Crippen molar-refractivity contribution >= 4 is 11.7 Å². The van der Waals surface area contributed by atoms with Crippen LogP contribution in [0.3, 0.4) is 0 Å². The van der Waals surface area contributed by atoms with Gasteiger partial charge in [0.05, 0.1) is 13.2 Å². The topological polar surface area (TPSA) is 56.8 Å². The molecule has 0 aromatic heterocycles. The van der Waals surface area contributed by atoms with Gasteiger partial charge in [0, 0.05) is 23.6 Å². The zero-order valence-electron chi connectivity index (χ0n) is 20.1. The van der Waals surface area contributed by atoms with Gasteiger partial charge in [-0.15, -0.1) is 0 Å². The summed E-state index contributed by atoms with van der Waals surface area (Å²) in [6.07, 6.45) is -0.411. The van der Waals surface area contributed by atoms with Gasteiger partial charge in [-0.2, -0.15) is 0 Å². The zero-order valence-corrected chi connectivity index (χ0v) is 20.1. The van der Waals surface area contributed by atoms with Gasteiger partial charge in [-0.1, -0.05) is 49.7 Å². The third-order valence-electron chi connectivity index (χ3n) is 6.32. The number of carbonyl (C=O) groups excluding carboxylic acids is 1. The molecule has 0 fully saturated rings.